The minimum Gasteiger partial charge on any atom is -0.364 e. The molecule has 5 heteroatoms. The maximum absolute atomic E-state index is 4.82. The first-order valence-corrected chi connectivity index (χ1v) is 8.69. The van der Waals surface area contributed by atoms with Crippen LogP contribution in [0.4, 0.5) is 0 Å². The quantitative estimate of drug-likeness (QED) is 0.442. The van der Waals surface area contributed by atoms with Gasteiger partial charge in [-0.25, -0.2) is 4.99 Å². The second-order valence-electron chi connectivity index (χ2n) is 6.11. The van der Waals surface area contributed by atoms with Crippen molar-refractivity contribution in [2.24, 2.45) is 4.99 Å². The second-order valence-corrected chi connectivity index (χ2v) is 6.11. The third-order valence-corrected chi connectivity index (χ3v) is 3.82. The summed E-state index contributed by atoms with van der Waals surface area (Å²) in [5.74, 6) is 1.40. The molecule has 0 aliphatic carbocycles. The van der Waals surface area contributed by atoms with E-state index in [2.05, 4.69) is 65.8 Å². The highest BCUT2D eigenvalue weighted by molar-refractivity contribution is 5.79. The van der Waals surface area contributed by atoms with Gasteiger partial charge in [0.05, 0.1) is 6.54 Å². The first-order valence-electron chi connectivity index (χ1n) is 8.69. The number of aromatic nitrogens is 1. The Morgan fingerprint density at radius 2 is 1.96 bits per heavy atom. The smallest absolute Gasteiger partial charge is 0.191 e. The van der Waals surface area contributed by atoms with E-state index in [9.17, 15) is 0 Å². The standard InChI is InChI=1S/C19H28N4O/c1-4-20-19(22-14-18-11-13-24-23-18)21-12-5-6-16-7-9-17(10-8-16)15(2)3/h7-11,13,15H,4-6,12,14H2,1-3H3,(H2,20,21,22). The van der Waals surface area contributed by atoms with Gasteiger partial charge >= 0.3 is 0 Å². The Balaban J connectivity index is 1.74. The topological polar surface area (TPSA) is 62.5 Å². The molecule has 0 saturated heterocycles. The molecule has 1 aromatic carbocycles. The Morgan fingerprint density at radius 1 is 1.17 bits per heavy atom. The summed E-state index contributed by atoms with van der Waals surface area (Å²) in [6.45, 7) is 8.74. The molecular weight excluding hydrogens is 300 g/mol. The van der Waals surface area contributed by atoms with E-state index in [-0.39, 0.29) is 0 Å². The number of aliphatic imine (C=N–C) groups is 1. The van der Waals surface area contributed by atoms with Crippen LogP contribution >= 0.6 is 0 Å². The summed E-state index contributed by atoms with van der Waals surface area (Å²) in [6.07, 6.45) is 3.69. The number of rotatable bonds is 8. The number of benzene rings is 1. The zero-order valence-corrected chi connectivity index (χ0v) is 14.9. The van der Waals surface area contributed by atoms with Crippen molar-refractivity contribution in [3.63, 3.8) is 0 Å². The van der Waals surface area contributed by atoms with Crippen molar-refractivity contribution >= 4 is 5.96 Å². The van der Waals surface area contributed by atoms with Gasteiger partial charge in [-0.05, 0) is 36.8 Å². The number of aryl methyl sites for hydroxylation is 1. The van der Waals surface area contributed by atoms with Gasteiger partial charge in [0, 0.05) is 19.2 Å². The van der Waals surface area contributed by atoms with Gasteiger partial charge in [-0.2, -0.15) is 0 Å². The molecule has 0 amide bonds. The Hall–Kier alpha value is -2.30. The molecule has 2 N–H and O–H groups in total. The number of hydrogen-bond acceptors (Lipinski definition) is 3. The van der Waals surface area contributed by atoms with Gasteiger partial charge in [-0.3, -0.25) is 0 Å². The first-order chi connectivity index (χ1) is 11.7. The fraction of sp³-hybridized carbons (Fsp3) is 0.474. The highest BCUT2D eigenvalue weighted by Gasteiger charge is 2.01. The van der Waals surface area contributed by atoms with E-state index in [1.165, 1.54) is 11.1 Å². The molecule has 5 nitrogen and oxygen atoms in total. The van der Waals surface area contributed by atoms with Crippen LogP contribution in [0.3, 0.4) is 0 Å². The van der Waals surface area contributed by atoms with Crippen LogP contribution in [0.15, 0.2) is 46.1 Å². The summed E-state index contributed by atoms with van der Waals surface area (Å²) in [5.41, 5.74) is 3.61. The fourth-order valence-corrected chi connectivity index (χ4v) is 2.39. The highest BCUT2D eigenvalue weighted by atomic mass is 16.5. The summed E-state index contributed by atoms with van der Waals surface area (Å²) in [4.78, 5) is 4.50. The van der Waals surface area contributed by atoms with E-state index >= 15 is 0 Å². The normalized spacial score (nSPS) is 11.8. The number of hydrogen-bond donors (Lipinski definition) is 2. The van der Waals surface area contributed by atoms with Crippen molar-refractivity contribution in [3.05, 3.63) is 53.4 Å². The Kier molecular flexibility index (Phi) is 7.33. The van der Waals surface area contributed by atoms with Crippen LogP contribution < -0.4 is 10.6 Å². The predicted molar refractivity (Wildman–Crippen MR) is 98.2 cm³/mol. The zero-order valence-electron chi connectivity index (χ0n) is 14.9. The lowest BCUT2D eigenvalue weighted by atomic mass is 10.0. The van der Waals surface area contributed by atoms with Crippen LogP contribution in [-0.4, -0.2) is 24.2 Å². The van der Waals surface area contributed by atoms with Crippen molar-refractivity contribution in [2.75, 3.05) is 13.1 Å². The van der Waals surface area contributed by atoms with Crippen molar-refractivity contribution in [2.45, 2.75) is 46.1 Å². The summed E-state index contributed by atoms with van der Waals surface area (Å²) < 4.78 is 4.82. The van der Waals surface area contributed by atoms with Crippen LogP contribution in [0.5, 0.6) is 0 Å². The summed E-state index contributed by atoms with van der Waals surface area (Å²) in [6, 6.07) is 10.8. The second kappa shape index (κ2) is 9.75. The van der Waals surface area contributed by atoms with E-state index in [1.807, 2.05) is 6.07 Å². The Morgan fingerprint density at radius 3 is 2.58 bits per heavy atom. The molecule has 0 radical (unpaired) electrons. The van der Waals surface area contributed by atoms with Gasteiger partial charge in [-0.15, -0.1) is 0 Å². The first kappa shape index (κ1) is 18.0. The van der Waals surface area contributed by atoms with Crippen LogP contribution in [-0.2, 0) is 13.0 Å². The summed E-state index contributed by atoms with van der Waals surface area (Å²) in [7, 11) is 0. The summed E-state index contributed by atoms with van der Waals surface area (Å²) in [5, 5.41) is 10.5. The minimum atomic E-state index is 0.516. The predicted octanol–water partition coefficient (Wildman–Crippen LogP) is 3.49. The molecule has 0 aliphatic heterocycles. The number of nitrogens with zero attached hydrogens (tertiary/aromatic N) is 2. The monoisotopic (exact) mass is 328 g/mol. The molecule has 1 aromatic heterocycles. The van der Waals surface area contributed by atoms with Crippen LogP contribution in [0.25, 0.3) is 0 Å². The molecular formula is C19H28N4O. The van der Waals surface area contributed by atoms with E-state index < -0.39 is 0 Å². The highest BCUT2D eigenvalue weighted by Crippen LogP contribution is 2.15. The van der Waals surface area contributed by atoms with Crippen LogP contribution in [0.1, 0.15) is 49.9 Å². The van der Waals surface area contributed by atoms with Crippen LogP contribution in [0, 0.1) is 0 Å². The van der Waals surface area contributed by atoms with Gasteiger partial charge in [0.25, 0.3) is 0 Å². The van der Waals surface area contributed by atoms with E-state index in [4.69, 9.17) is 4.52 Å². The maximum Gasteiger partial charge on any atom is 0.191 e. The maximum atomic E-state index is 4.82. The van der Waals surface area contributed by atoms with E-state index in [1.54, 1.807) is 6.26 Å². The van der Waals surface area contributed by atoms with Gasteiger partial charge in [0.1, 0.15) is 12.0 Å². The lowest BCUT2D eigenvalue weighted by Gasteiger charge is -2.11. The molecule has 2 rings (SSSR count). The number of guanidine groups is 1. The van der Waals surface area contributed by atoms with Crippen molar-refractivity contribution in [1.82, 2.24) is 15.8 Å². The molecule has 0 atom stereocenters. The van der Waals surface area contributed by atoms with Gasteiger partial charge < -0.3 is 15.2 Å². The van der Waals surface area contributed by atoms with Crippen molar-refractivity contribution < 1.29 is 4.52 Å². The average molecular weight is 328 g/mol. The molecule has 0 spiro atoms. The van der Waals surface area contributed by atoms with Crippen molar-refractivity contribution in [1.29, 1.82) is 0 Å². The van der Waals surface area contributed by atoms with E-state index in [0.717, 1.165) is 37.6 Å². The van der Waals surface area contributed by atoms with Crippen LogP contribution in [0.2, 0.25) is 0 Å². The molecule has 0 fully saturated rings. The molecule has 0 saturated carbocycles. The van der Waals surface area contributed by atoms with Gasteiger partial charge in [0.15, 0.2) is 5.96 Å². The third-order valence-electron chi connectivity index (χ3n) is 3.82. The molecule has 2 aromatic rings. The minimum absolute atomic E-state index is 0.516. The zero-order chi connectivity index (χ0) is 17.2. The lowest BCUT2D eigenvalue weighted by Crippen LogP contribution is -2.37. The SMILES string of the molecule is CCNC(=NCc1ccon1)NCCCc1ccc(C(C)C)cc1. The molecule has 130 valence electrons. The van der Waals surface area contributed by atoms with Gasteiger partial charge in [-0.1, -0.05) is 43.3 Å². The third kappa shape index (κ3) is 6.07. The largest absolute Gasteiger partial charge is 0.364 e. The average Bonchev–Trinajstić information content (AvgIpc) is 3.10. The van der Waals surface area contributed by atoms with Gasteiger partial charge in [0.2, 0.25) is 0 Å². The molecule has 24 heavy (non-hydrogen) atoms. The molecule has 0 aliphatic rings. The molecule has 0 bridgehead atoms. The van der Waals surface area contributed by atoms with E-state index in [0.29, 0.717) is 12.5 Å². The lowest BCUT2D eigenvalue weighted by molar-refractivity contribution is 0.412. The Labute approximate surface area is 144 Å². The summed E-state index contributed by atoms with van der Waals surface area (Å²) >= 11 is 0. The fourth-order valence-electron chi connectivity index (χ4n) is 2.39. The molecule has 1 heterocycles. The molecule has 0 unspecified atom stereocenters. The Bertz CT molecular complexity index is 603. The number of nitrogens with one attached hydrogen (secondary N) is 2. The van der Waals surface area contributed by atoms with Crippen molar-refractivity contribution in [3.8, 4) is 0 Å².